The maximum Gasteiger partial charge on any atom is 0.237 e. The lowest BCUT2D eigenvalue weighted by molar-refractivity contribution is -0.140. The van der Waals surface area contributed by atoms with E-state index in [2.05, 4.69) is 10.3 Å². The molecule has 1 fully saturated rings. The molecule has 3 rings (SSSR count). The number of amides is 1. The molecule has 2 aliphatic rings. The minimum absolute atomic E-state index is 0.0898. The van der Waals surface area contributed by atoms with Gasteiger partial charge in [-0.05, 0) is 39.0 Å². The minimum atomic E-state index is -1.10. The Morgan fingerprint density at radius 1 is 1.38 bits per heavy atom. The van der Waals surface area contributed by atoms with E-state index in [1.807, 2.05) is 0 Å². The number of hydrogen-bond donors (Lipinski definition) is 2. The minimum Gasteiger partial charge on any atom is -0.378 e. The van der Waals surface area contributed by atoms with Crippen LogP contribution in [0.25, 0.3) is 0 Å². The van der Waals surface area contributed by atoms with Gasteiger partial charge in [0.2, 0.25) is 5.91 Å². The maximum absolute atomic E-state index is 14.6. The molecule has 1 saturated heterocycles. The smallest absolute Gasteiger partial charge is 0.237 e. The molecular weight excluding hydrogens is 311 g/mol. The summed E-state index contributed by atoms with van der Waals surface area (Å²) in [4.78, 5) is 18.5. The Hall–Kier alpha value is -2.15. The van der Waals surface area contributed by atoms with Crippen LogP contribution in [0.3, 0.4) is 0 Å². The van der Waals surface area contributed by atoms with E-state index in [1.165, 1.54) is 11.0 Å². The van der Waals surface area contributed by atoms with Crippen LogP contribution in [0.15, 0.2) is 23.2 Å². The number of halogens is 1. The Morgan fingerprint density at radius 3 is 2.62 bits per heavy atom. The SMILES string of the molecule is CN1C(=O)C(C)(C)[C@@](C)(c2cc(NC3COC3)ccc2F)N=C1N. The lowest BCUT2D eigenvalue weighted by Crippen LogP contribution is -2.58. The number of nitrogens with one attached hydrogen (secondary N) is 1. The third kappa shape index (κ3) is 2.34. The summed E-state index contributed by atoms with van der Waals surface area (Å²) in [5, 5.41) is 3.29. The Balaban J connectivity index is 2.08. The zero-order chi connectivity index (χ0) is 17.7. The van der Waals surface area contributed by atoms with Crippen LogP contribution in [0.1, 0.15) is 26.3 Å². The number of anilines is 1. The van der Waals surface area contributed by atoms with Gasteiger partial charge in [0.05, 0.1) is 24.7 Å². The Morgan fingerprint density at radius 2 is 2.04 bits per heavy atom. The summed E-state index contributed by atoms with van der Waals surface area (Å²) < 4.78 is 19.8. The first-order valence-corrected chi connectivity index (χ1v) is 7.94. The number of carbonyl (C=O) groups excluding carboxylic acids is 1. The summed E-state index contributed by atoms with van der Waals surface area (Å²) in [7, 11) is 1.58. The van der Waals surface area contributed by atoms with Gasteiger partial charge in [-0.2, -0.15) is 0 Å². The number of carbonyl (C=O) groups is 1. The average molecular weight is 334 g/mol. The molecule has 0 unspecified atom stereocenters. The van der Waals surface area contributed by atoms with Crippen molar-refractivity contribution in [1.82, 2.24) is 4.90 Å². The first-order chi connectivity index (χ1) is 11.2. The van der Waals surface area contributed by atoms with Gasteiger partial charge in [0.15, 0.2) is 5.96 Å². The highest BCUT2D eigenvalue weighted by Crippen LogP contribution is 2.47. The molecule has 0 saturated carbocycles. The van der Waals surface area contributed by atoms with Gasteiger partial charge in [0, 0.05) is 18.3 Å². The van der Waals surface area contributed by atoms with E-state index in [4.69, 9.17) is 10.5 Å². The van der Waals surface area contributed by atoms with Crippen LogP contribution in [0, 0.1) is 11.2 Å². The molecule has 24 heavy (non-hydrogen) atoms. The fourth-order valence-corrected chi connectivity index (χ4v) is 3.12. The van der Waals surface area contributed by atoms with E-state index >= 15 is 0 Å². The fraction of sp³-hybridized carbons (Fsp3) is 0.529. The summed E-state index contributed by atoms with van der Waals surface area (Å²) in [6, 6.07) is 5.01. The van der Waals surface area contributed by atoms with E-state index in [-0.39, 0.29) is 17.9 Å². The molecule has 1 amide bonds. The maximum atomic E-state index is 14.6. The molecule has 0 spiro atoms. The molecule has 7 heteroatoms. The lowest BCUT2D eigenvalue weighted by atomic mass is 9.67. The molecule has 130 valence electrons. The first kappa shape index (κ1) is 16.7. The second kappa shape index (κ2) is 5.44. The number of nitrogens with two attached hydrogens (primary N) is 1. The Kier molecular flexibility index (Phi) is 3.79. The van der Waals surface area contributed by atoms with Crippen LogP contribution >= 0.6 is 0 Å². The predicted molar refractivity (Wildman–Crippen MR) is 90.2 cm³/mol. The average Bonchev–Trinajstić information content (AvgIpc) is 2.49. The van der Waals surface area contributed by atoms with Gasteiger partial charge < -0.3 is 15.8 Å². The fourth-order valence-electron chi connectivity index (χ4n) is 3.12. The predicted octanol–water partition coefficient (Wildman–Crippen LogP) is 1.66. The molecule has 0 aromatic heterocycles. The zero-order valence-electron chi connectivity index (χ0n) is 14.4. The molecule has 2 aliphatic heterocycles. The highest BCUT2D eigenvalue weighted by atomic mass is 19.1. The number of aliphatic imine (C=N–C) groups is 1. The van der Waals surface area contributed by atoms with Gasteiger partial charge in [0.1, 0.15) is 11.4 Å². The summed E-state index contributed by atoms with van der Waals surface area (Å²) in [5.41, 5.74) is 4.99. The van der Waals surface area contributed by atoms with Crippen molar-refractivity contribution in [3.8, 4) is 0 Å². The van der Waals surface area contributed by atoms with Crippen molar-refractivity contribution in [2.75, 3.05) is 25.6 Å². The van der Waals surface area contributed by atoms with Crippen molar-refractivity contribution in [2.24, 2.45) is 16.1 Å². The van der Waals surface area contributed by atoms with Crippen molar-refractivity contribution in [3.05, 3.63) is 29.6 Å². The molecule has 3 N–H and O–H groups in total. The van der Waals surface area contributed by atoms with Crippen LogP contribution in [-0.2, 0) is 15.1 Å². The topological polar surface area (TPSA) is 80.0 Å². The molecule has 2 heterocycles. The molecule has 6 nitrogen and oxygen atoms in total. The number of ether oxygens (including phenoxy) is 1. The van der Waals surface area contributed by atoms with Gasteiger partial charge >= 0.3 is 0 Å². The summed E-state index contributed by atoms with van der Waals surface area (Å²) in [5.74, 6) is -0.510. The number of hydrogen-bond acceptors (Lipinski definition) is 5. The third-order valence-electron chi connectivity index (χ3n) is 5.24. The molecule has 0 aliphatic carbocycles. The largest absolute Gasteiger partial charge is 0.378 e. The van der Waals surface area contributed by atoms with Crippen LogP contribution < -0.4 is 11.1 Å². The molecular formula is C17H23FN4O2. The zero-order valence-corrected chi connectivity index (χ0v) is 14.4. The van der Waals surface area contributed by atoms with E-state index in [0.717, 1.165) is 5.69 Å². The van der Waals surface area contributed by atoms with Crippen molar-refractivity contribution in [3.63, 3.8) is 0 Å². The third-order valence-corrected chi connectivity index (χ3v) is 5.24. The highest BCUT2D eigenvalue weighted by molar-refractivity contribution is 6.01. The van der Waals surface area contributed by atoms with Crippen LogP contribution in [-0.4, -0.2) is 43.1 Å². The molecule has 1 atom stereocenters. The molecule has 0 radical (unpaired) electrons. The van der Waals surface area contributed by atoms with Crippen LogP contribution in [0.5, 0.6) is 0 Å². The summed E-state index contributed by atoms with van der Waals surface area (Å²) in [6.45, 7) is 6.54. The summed E-state index contributed by atoms with van der Waals surface area (Å²) in [6.07, 6.45) is 0. The number of nitrogens with zero attached hydrogens (tertiary/aromatic N) is 2. The van der Waals surface area contributed by atoms with Crippen molar-refractivity contribution in [1.29, 1.82) is 0 Å². The first-order valence-electron chi connectivity index (χ1n) is 7.94. The number of guanidine groups is 1. The van der Waals surface area contributed by atoms with Gasteiger partial charge in [-0.3, -0.25) is 9.69 Å². The van der Waals surface area contributed by atoms with Crippen LogP contribution in [0.2, 0.25) is 0 Å². The van der Waals surface area contributed by atoms with E-state index in [0.29, 0.717) is 18.8 Å². The van der Waals surface area contributed by atoms with E-state index in [9.17, 15) is 9.18 Å². The Labute approximate surface area is 140 Å². The van der Waals surface area contributed by atoms with E-state index in [1.54, 1.807) is 40.0 Å². The second-order valence-electron chi connectivity index (χ2n) is 7.10. The molecule has 0 bridgehead atoms. The monoisotopic (exact) mass is 334 g/mol. The lowest BCUT2D eigenvalue weighted by Gasteiger charge is -2.46. The van der Waals surface area contributed by atoms with Crippen molar-refractivity contribution < 1.29 is 13.9 Å². The van der Waals surface area contributed by atoms with Gasteiger partial charge in [-0.1, -0.05) is 0 Å². The normalized spacial score (nSPS) is 26.8. The van der Waals surface area contributed by atoms with Crippen molar-refractivity contribution >= 4 is 17.6 Å². The summed E-state index contributed by atoms with van der Waals surface area (Å²) >= 11 is 0. The van der Waals surface area contributed by atoms with Crippen LogP contribution in [0.4, 0.5) is 10.1 Å². The number of benzene rings is 1. The number of rotatable bonds is 3. The van der Waals surface area contributed by atoms with Gasteiger partial charge in [0.25, 0.3) is 0 Å². The molecule has 1 aromatic rings. The standard InChI is InChI=1S/C17H23FN4O2/c1-16(2)14(23)22(4)15(19)21-17(16,3)12-7-10(5-6-13(12)18)20-11-8-24-9-11/h5-7,11,20H,8-9H2,1-4H3,(H2,19,21)/t17-/m1/s1. The Bertz CT molecular complexity index is 715. The quantitative estimate of drug-likeness (QED) is 0.881. The van der Waals surface area contributed by atoms with Gasteiger partial charge in [-0.15, -0.1) is 0 Å². The highest BCUT2D eigenvalue weighted by Gasteiger charge is 2.53. The van der Waals surface area contributed by atoms with Crippen molar-refractivity contribution in [2.45, 2.75) is 32.4 Å². The molecule has 1 aromatic carbocycles. The van der Waals surface area contributed by atoms with E-state index < -0.39 is 16.8 Å². The second-order valence-corrected chi connectivity index (χ2v) is 7.10. The van der Waals surface area contributed by atoms with Gasteiger partial charge in [-0.25, -0.2) is 9.38 Å².